The number of rotatable bonds is 5. The van der Waals surface area contributed by atoms with Crippen molar-refractivity contribution >= 4 is 31.6 Å². The monoisotopic (exact) mass is 457 g/mol. The van der Waals surface area contributed by atoms with Crippen molar-refractivity contribution in [3.63, 3.8) is 0 Å². The SMILES string of the molecule is COC1C(=O)N2C(C(=O)OC(C)(C)C)=C(CS(=O)(=O)c3ccccc3)CS(=O)(=O)C12. The summed E-state index contributed by atoms with van der Waals surface area (Å²) in [4.78, 5) is 26.2. The highest BCUT2D eigenvalue weighted by molar-refractivity contribution is 7.93. The van der Waals surface area contributed by atoms with Crippen LogP contribution in [0, 0.1) is 0 Å². The molecule has 1 saturated heterocycles. The molecular weight excluding hydrogens is 434 g/mol. The maximum Gasteiger partial charge on any atom is 0.355 e. The van der Waals surface area contributed by atoms with Crippen LogP contribution in [0.15, 0.2) is 46.5 Å². The fourth-order valence-electron chi connectivity index (χ4n) is 3.43. The topological polar surface area (TPSA) is 124 Å². The van der Waals surface area contributed by atoms with E-state index in [0.29, 0.717) is 0 Å². The number of β-lactam (4-membered cyclic amide) rings is 1. The lowest BCUT2D eigenvalue weighted by Crippen LogP contribution is -2.70. The van der Waals surface area contributed by atoms with Crippen molar-refractivity contribution in [2.24, 2.45) is 0 Å². The van der Waals surface area contributed by atoms with Crippen LogP contribution in [0.2, 0.25) is 0 Å². The third kappa shape index (κ3) is 4.01. The summed E-state index contributed by atoms with van der Waals surface area (Å²) in [5.74, 6) is -3.12. The Kier molecular flexibility index (Phi) is 5.59. The average Bonchev–Trinajstić information content (AvgIpc) is 2.61. The molecule has 0 radical (unpaired) electrons. The van der Waals surface area contributed by atoms with Crippen molar-refractivity contribution in [1.29, 1.82) is 0 Å². The van der Waals surface area contributed by atoms with Crippen LogP contribution >= 0.6 is 0 Å². The zero-order valence-corrected chi connectivity index (χ0v) is 18.6. The molecule has 1 amide bonds. The molecule has 1 aromatic carbocycles. The number of hydrogen-bond acceptors (Lipinski definition) is 8. The van der Waals surface area contributed by atoms with Crippen LogP contribution in [-0.4, -0.2) is 69.3 Å². The third-order valence-electron chi connectivity index (χ3n) is 4.63. The van der Waals surface area contributed by atoms with Crippen LogP contribution in [0.3, 0.4) is 0 Å². The molecule has 0 bridgehead atoms. The lowest BCUT2D eigenvalue weighted by molar-refractivity contribution is -0.167. The molecule has 0 spiro atoms. The highest BCUT2D eigenvalue weighted by atomic mass is 32.2. The fraction of sp³-hybridized carbons (Fsp3) is 0.474. The first-order chi connectivity index (χ1) is 13.8. The van der Waals surface area contributed by atoms with Crippen molar-refractivity contribution in [3.8, 4) is 0 Å². The quantitative estimate of drug-likeness (QED) is 0.467. The molecular formula is C19H23NO8S2. The van der Waals surface area contributed by atoms with Crippen LogP contribution in [0.4, 0.5) is 0 Å². The number of methoxy groups -OCH3 is 1. The minimum atomic E-state index is -3.98. The molecule has 11 heteroatoms. The maximum atomic E-state index is 12.9. The van der Waals surface area contributed by atoms with Crippen molar-refractivity contribution in [2.75, 3.05) is 18.6 Å². The van der Waals surface area contributed by atoms with E-state index >= 15 is 0 Å². The average molecular weight is 458 g/mol. The van der Waals surface area contributed by atoms with E-state index in [2.05, 4.69) is 0 Å². The van der Waals surface area contributed by atoms with Crippen molar-refractivity contribution < 1.29 is 35.9 Å². The zero-order valence-electron chi connectivity index (χ0n) is 17.0. The number of esters is 1. The number of benzene rings is 1. The van der Waals surface area contributed by atoms with Crippen molar-refractivity contribution in [2.45, 2.75) is 42.7 Å². The second-order valence-electron chi connectivity index (χ2n) is 8.09. The van der Waals surface area contributed by atoms with Gasteiger partial charge in [0.25, 0.3) is 5.91 Å². The number of amides is 1. The van der Waals surface area contributed by atoms with Crippen LogP contribution < -0.4 is 0 Å². The lowest BCUT2D eigenvalue weighted by Gasteiger charge is -2.48. The standard InChI is InChI=1S/C19H23NO8S2/c1-19(2,3)28-18(22)14-12(10-29(23,24)13-8-6-5-7-9-13)11-30(25,26)17-15(27-4)16(21)20(14)17/h5-9,15,17H,10-11H2,1-4H3. The number of ether oxygens (including phenoxy) is 2. The number of fused-ring (bicyclic) bond motifs is 1. The van der Waals surface area contributed by atoms with Gasteiger partial charge in [0.2, 0.25) is 0 Å². The van der Waals surface area contributed by atoms with Crippen LogP contribution in [-0.2, 0) is 38.7 Å². The normalized spacial score (nSPS) is 23.6. The molecule has 0 N–H and O–H groups in total. The van der Waals surface area contributed by atoms with Gasteiger partial charge in [-0.15, -0.1) is 0 Å². The van der Waals surface area contributed by atoms with Crippen LogP contribution in [0.5, 0.6) is 0 Å². The summed E-state index contributed by atoms with van der Waals surface area (Å²) >= 11 is 0. The summed E-state index contributed by atoms with van der Waals surface area (Å²) < 4.78 is 61.6. The van der Waals surface area contributed by atoms with E-state index < -0.39 is 60.1 Å². The van der Waals surface area contributed by atoms with Gasteiger partial charge in [0.1, 0.15) is 11.3 Å². The lowest BCUT2D eigenvalue weighted by atomic mass is 10.1. The summed E-state index contributed by atoms with van der Waals surface area (Å²) in [6.45, 7) is 4.83. The molecule has 2 unspecified atom stereocenters. The summed E-state index contributed by atoms with van der Waals surface area (Å²) in [6, 6.07) is 7.46. The second-order valence-corrected chi connectivity index (χ2v) is 12.2. The van der Waals surface area contributed by atoms with Crippen LogP contribution in [0.1, 0.15) is 20.8 Å². The Morgan fingerprint density at radius 1 is 1.20 bits per heavy atom. The van der Waals surface area contributed by atoms with Gasteiger partial charge >= 0.3 is 5.97 Å². The summed E-state index contributed by atoms with van der Waals surface area (Å²) in [5.41, 5.74) is -1.48. The van der Waals surface area contributed by atoms with E-state index in [1.807, 2.05) is 0 Å². The van der Waals surface area contributed by atoms with Gasteiger partial charge in [0.15, 0.2) is 31.2 Å². The fourth-order valence-corrected chi connectivity index (χ4v) is 7.02. The summed E-state index contributed by atoms with van der Waals surface area (Å²) in [6.07, 6.45) is -1.25. The van der Waals surface area contributed by atoms with Gasteiger partial charge in [0, 0.05) is 7.11 Å². The van der Waals surface area contributed by atoms with Gasteiger partial charge in [0.05, 0.1) is 16.4 Å². The van der Waals surface area contributed by atoms with E-state index in [9.17, 15) is 26.4 Å². The molecule has 0 aliphatic carbocycles. The van der Waals surface area contributed by atoms with E-state index in [1.165, 1.54) is 31.4 Å². The molecule has 0 aromatic heterocycles. The first kappa shape index (κ1) is 22.4. The molecule has 2 aliphatic heterocycles. The van der Waals surface area contributed by atoms with Gasteiger partial charge in [-0.2, -0.15) is 0 Å². The van der Waals surface area contributed by atoms with Gasteiger partial charge in [-0.25, -0.2) is 21.6 Å². The minimum Gasteiger partial charge on any atom is -0.455 e. The predicted molar refractivity (Wildman–Crippen MR) is 107 cm³/mol. The number of hydrogen-bond donors (Lipinski definition) is 0. The third-order valence-corrected chi connectivity index (χ3v) is 8.29. The molecule has 1 aromatic rings. The highest BCUT2D eigenvalue weighted by Gasteiger charge is 2.61. The Morgan fingerprint density at radius 2 is 1.80 bits per heavy atom. The smallest absolute Gasteiger partial charge is 0.355 e. The predicted octanol–water partition coefficient (Wildman–Crippen LogP) is 0.668. The van der Waals surface area contributed by atoms with E-state index in [1.54, 1.807) is 26.8 Å². The molecule has 1 fully saturated rings. The van der Waals surface area contributed by atoms with E-state index in [4.69, 9.17) is 9.47 Å². The maximum absolute atomic E-state index is 12.9. The second kappa shape index (κ2) is 7.47. The molecule has 9 nitrogen and oxygen atoms in total. The van der Waals surface area contributed by atoms with Gasteiger partial charge < -0.3 is 9.47 Å². The van der Waals surface area contributed by atoms with E-state index in [-0.39, 0.29) is 16.2 Å². The first-order valence-electron chi connectivity index (χ1n) is 9.09. The Balaban J connectivity index is 2.12. The van der Waals surface area contributed by atoms with Gasteiger partial charge in [-0.05, 0) is 38.5 Å². The highest BCUT2D eigenvalue weighted by Crippen LogP contribution is 2.39. The minimum absolute atomic E-state index is 0.0229. The zero-order chi connectivity index (χ0) is 22.5. The van der Waals surface area contributed by atoms with Gasteiger partial charge in [-0.3, -0.25) is 9.69 Å². The van der Waals surface area contributed by atoms with E-state index in [0.717, 1.165) is 4.90 Å². The first-order valence-corrected chi connectivity index (χ1v) is 12.5. The molecule has 2 atom stereocenters. The molecule has 164 valence electrons. The largest absolute Gasteiger partial charge is 0.455 e. The molecule has 3 rings (SSSR count). The Morgan fingerprint density at radius 3 is 2.33 bits per heavy atom. The Bertz CT molecular complexity index is 1110. The Hall–Kier alpha value is -2.24. The molecule has 2 aliphatic rings. The number of nitrogens with zero attached hydrogens (tertiary/aromatic N) is 1. The molecule has 30 heavy (non-hydrogen) atoms. The Labute approximate surface area is 175 Å². The molecule has 2 heterocycles. The van der Waals surface area contributed by atoms with Crippen molar-refractivity contribution in [1.82, 2.24) is 4.90 Å². The van der Waals surface area contributed by atoms with Gasteiger partial charge in [-0.1, -0.05) is 18.2 Å². The summed E-state index contributed by atoms with van der Waals surface area (Å²) in [7, 11) is -6.76. The summed E-state index contributed by atoms with van der Waals surface area (Å²) in [5, 5.41) is -1.39. The number of carbonyl (C=O) groups is 2. The molecule has 0 saturated carbocycles. The van der Waals surface area contributed by atoms with Crippen LogP contribution in [0.25, 0.3) is 0 Å². The van der Waals surface area contributed by atoms with Crippen molar-refractivity contribution in [3.05, 3.63) is 41.6 Å². The number of sulfone groups is 2. The number of carbonyl (C=O) groups excluding carboxylic acids is 2.